The van der Waals surface area contributed by atoms with Crippen LogP contribution in [0.4, 0.5) is 0 Å². The average Bonchev–Trinajstić information content (AvgIpc) is 2.24. The first-order chi connectivity index (χ1) is 7.54. The van der Waals surface area contributed by atoms with Crippen LogP contribution in [0.2, 0.25) is 0 Å². The number of rotatable bonds is 5. The highest BCUT2D eigenvalue weighted by Crippen LogP contribution is 2.38. The van der Waals surface area contributed by atoms with Crippen LogP contribution in [0.15, 0.2) is 0 Å². The lowest BCUT2D eigenvalue weighted by atomic mass is 9.72. The Morgan fingerprint density at radius 1 is 1.06 bits per heavy atom. The zero-order valence-corrected chi connectivity index (χ0v) is 11.9. The fraction of sp³-hybridized carbons (Fsp3) is 1.00. The molecule has 1 saturated carbocycles. The summed E-state index contributed by atoms with van der Waals surface area (Å²) in [6.45, 7) is 7.98. The second kappa shape index (κ2) is 6.86. The monoisotopic (exact) mass is 246 g/mol. The van der Waals surface area contributed by atoms with E-state index < -0.39 is 0 Å². The zero-order chi connectivity index (χ0) is 12.0. The van der Waals surface area contributed by atoms with Crippen LogP contribution in [0, 0.1) is 11.3 Å². The van der Waals surface area contributed by atoms with Crippen molar-refractivity contribution in [3.05, 3.63) is 0 Å². The van der Waals surface area contributed by atoms with Gasteiger partial charge >= 0.3 is 0 Å². The van der Waals surface area contributed by atoms with E-state index in [0.717, 1.165) is 31.2 Å². The maximum Gasteiger partial charge on any atom is 0.0575 e. The summed E-state index contributed by atoms with van der Waals surface area (Å²) in [6, 6.07) is 0. The van der Waals surface area contributed by atoms with E-state index in [4.69, 9.17) is 16.3 Å². The third kappa shape index (κ3) is 5.05. The Kier molecular flexibility index (Phi) is 6.13. The van der Waals surface area contributed by atoms with Crippen LogP contribution in [0.25, 0.3) is 0 Å². The predicted molar refractivity (Wildman–Crippen MR) is 71.1 cm³/mol. The lowest BCUT2D eigenvalue weighted by Crippen LogP contribution is -2.29. The standard InChI is InChI=1S/C14H27ClO/c1-14(2,3)12-6-8-13(9-7-12)16-11-5-4-10-15/h12-13H,4-11H2,1-3H3. The summed E-state index contributed by atoms with van der Waals surface area (Å²) < 4.78 is 5.89. The number of unbranched alkanes of at least 4 members (excludes halogenated alkanes) is 1. The van der Waals surface area contributed by atoms with E-state index in [1.807, 2.05) is 0 Å². The highest BCUT2D eigenvalue weighted by Gasteiger charge is 2.29. The largest absolute Gasteiger partial charge is 0.378 e. The van der Waals surface area contributed by atoms with E-state index in [2.05, 4.69) is 20.8 Å². The van der Waals surface area contributed by atoms with Gasteiger partial charge in [-0.2, -0.15) is 0 Å². The molecule has 96 valence electrons. The molecule has 1 rings (SSSR count). The van der Waals surface area contributed by atoms with Gasteiger partial charge in [0, 0.05) is 12.5 Å². The summed E-state index contributed by atoms with van der Waals surface area (Å²) in [5, 5.41) is 0. The van der Waals surface area contributed by atoms with Gasteiger partial charge in [0.1, 0.15) is 0 Å². The van der Waals surface area contributed by atoms with Gasteiger partial charge in [-0.15, -0.1) is 11.6 Å². The number of hydrogen-bond donors (Lipinski definition) is 0. The maximum absolute atomic E-state index is 5.89. The molecule has 0 N–H and O–H groups in total. The van der Waals surface area contributed by atoms with E-state index in [0.29, 0.717) is 11.5 Å². The molecule has 0 spiro atoms. The van der Waals surface area contributed by atoms with E-state index in [-0.39, 0.29) is 0 Å². The first-order valence-electron chi connectivity index (χ1n) is 6.71. The molecule has 16 heavy (non-hydrogen) atoms. The van der Waals surface area contributed by atoms with Crippen molar-refractivity contribution in [1.29, 1.82) is 0 Å². The lowest BCUT2D eigenvalue weighted by molar-refractivity contribution is 0.00275. The zero-order valence-electron chi connectivity index (χ0n) is 11.1. The molecule has 0 saturated heterocycles. The van der Waals surface area contributed by atoms with Gasteiger partial charge in [0.05, 0.1) is 6.10 Å². The molecule has 0 atom stereocenters. The highest BCUT2D eigenvalue weighted by molar-refractivity contribution is 6.17. The Morgan fingerprint density at radius 3 is 2.19 bits per heavy atom. The molecule has 0 radical (unpaired) electrons. The Balaban J connectivity index is 2.12. The Labute approximate surface area is 106 Å². The van der Waals surface area contributed by atoms with Gasteiger partial charge in [0.15, 0.2) is 0 Å². The third-order valence-corrected chi connectivity index (χ3v) is 4.05. The molecular formula is C14H27ClO. The summed E-state index contributed by atoms with van der Waals surface area (Å²) in [5.41, 5.74) is 0.476. The van der Waals surface area contributed by atoms with Crippen molar-refractivity contribution < 1.29 is 4.74 Å². The minimum absolute atomic E-state index is 0.476. The van der Waals surface area contributed by atoms with Gasteiger partial charge in [-0.05, 0) is 49.9 Å². The Bertz CT molecular complexity index is 178. The molecule has 0 aliphatic heterocycles. The van der Waals surface area contributed by atoms with Crippen LogP contribution < -0.4 is 0 Å². The summed E-state index contributed by atoms with van der Waals surface area (Å²) in [4.78, 5) is 0. The van der Waals surface area contributed by atoms with Crippen LogP contribution in [-0.2, 0) is 4.74 Å². The molecule has 1 aliphatic carbocycles. The molecule has 0 aromatic rings. The summed E-state index contributed by atoms with van der Waals surface area (Å²) >= 11 is 5.64. The summed E-state index contributed by atoms with van der Waals surface area (Å²) in [5.74, 6) is 1.65. The van der Waals surface area contributed by atoms with Crippen molar-refractivity contribution in [1.82, 2.24) is 0 Å². The van der Waals surface area contributed by atoms with Gasteiger partial charge in [-0.25, -0.2) is 0 Å². The average molecular weight is 247 g/mol. The molecule has 0 aromatic carbocycles. The molecule has 2 heteroatoms. The summed E-state index contributed by atoms with van der Waals surface area (Å²) in [6.07, 6.45) is 7.90. The fourth-order valence-corrected chi connectivity index (χ4v) is 2.73. The second-order valence-electron chi connectivity index (χ2n) is 6.11. The van der Waals surface area contributed by atoms with Crippen molar-refractivity contribution in [3.63, 3.8) is 0 Å². The predicted octanol–water partition coefficient (Wildman–Crippen LogP) is 4.63. The van der Waals surface area contributed by atoms with Crippen LogP contribution in [-0.4, -0.2) is 18.6 Å². The number of alkyl halides is 1. The number of halogens is 1. The van der Waals surface area contributed by atoms with Crippen molar-refractivity contribution in [2.75, 3.05) is 12.5 Å². The molecule has 0 bridgehead atoms. The molecule has 0 heterocycles. The molecular weight excluding hydrogens is 220 g/mol. The molecule has 1 nitrogen and oxygen atoms in total. The van der Waals surface area contributed by atoms with Crippen molar-refractivity contribution in [2.45, 2.75) is 65.4 Å². The lowest BCUT2D eigenvalue weighted by Gasteiger charge is -2.36. The molecule has 1 aliphatic rings. The minimum atomic E-state index is 0.476. The third-order valence-electron chi connectivity index (χ3n) is 3.78. The number of hydrogen-bond acceptors (Lipinski definition) is 1. The van der Waals surface area contributed by atoms with Crippen molar-refractivity contribution in [2.24, 2.45) is 11.3 Å². The number of ether oxygens (including phenoxy) is 1. The van der Waals surface area contributed by atoms with Crippen LogP contribution in [0.1, 0.15) is 59.3 Å². The van der Waals surface area contributed by atoms with Gasteiger partial charge in [0.25, 0.3) is 0 Å². The van der Waals surface area contributed by atoms with Gasteiger partial charge in [-0.1, -0.05) is 20.8 Å². The quantitative estimate of drug-likeness (QED) is 0.508. The fourth-order valence-electron chi connectivity index (χ4n) is 2.54. The smallest absolute Gasteiger partial charge is 0.0575 e. The summed E-state index contributed by atoms with van der Waals surface area (Å²) in [7, 11) is 0. The van der Waals surface area contributed by atoms with Gasteiger partial charge < -0.3 is 4.74 Å². The van der Waals surface area contributed by atoms with Crippen molar-refractivity contribution >= 4 is 11.6 Å². The van der Waals surface area contributed by atoms with Crippen LogP contribution in [0.3, 0.4) is 0 Å². The van der Waals surface area contributed by atoms with Gasteiger partial charge in [-0.3, -0.25) is 0 Å². The van der Waals surface area contributed by atoms with E-state index in [9.17, 15) is 0 Å². The Morgan fingerprint density at radius 2 is 1.69 bits per heavy atom. The molecule has 0 unspecified atom stereocenters. The van der Waals surface area contributed by atoms with Crippen LogP contribution in [0.5, 0.6) is 0 Å². The molecule has 1 fully saturated rings. The minimum Gasteiger partial charge on any atom is -0.378 e. The first-order valence-corrected chi connectivity index (χ1v) is 7.25. The first kappa shape index (κ1) is 14.3. The highest BCUT2D eigenvalue weighted by atomic mass is 35.5. The normalized spacial score (nSPS) is 27.0. The second-order valence-corrected chi connectivity index (χ2v) is 6.48. The van der Waals surface area contributed by atoms with E-state index in [1.165, 1.54) is 25.7 Å². The van der Waals surface area contributed by atoms with E-state index in [1.54, 1.807) is 0 Å². The molecule has 0 amide bonds. The SMILES string of the molecule is CC(C)(C)C1CCC(OCCCCCl)CC1. The Hall–Kier alpha value is 0.250. The molecule has 0 aromatic heterocycles. The van der Waals surface area contributed by atoms with Gasteiger partial charge in [0.2, 0.25) is 0 Å². The van der Waals surface area contributed by atoms with E-state index >= 15 is 0 Å². The van der Waals surface area contributed by atoms with Crippen LogP contribution >= 0.6 is 11.6 Å². The topological polar surface area (TPSA) is 9.23 Å². The van der Waals surface area contributed by atoms with Crippen molar-refractivity contribution in [3.8, 4) is 0 Å². The maximum atomic E-state index is 5.89.